The third-order valence-corrected chi connectivity index (χ3v) is 0.371. The minimum Gasteiger partial charge on any atom is -0.411 e. The van der Waals surface area contributed by atoms with Gasteiger partial charge in [0.15, 0.2) is 0 Å². The second-order valence-electron chi connectivity index (χ2n) is 0.583. The molecule has 0 rings (SSSR count). The molecule has 0 aromatic carbocycles. The van der Waals surface area contributed by atoms with E-state index in [0.29, 0.717) is 0 Å². The van der Waals surface area contributed by atoms with Crippen LogP contribution in [0.3, 0.4) is 0 Å². The molecule has 0 heterocycles. The Bertz CT molecular complexity index is 59.2. The molecule has 0 aliphatic rings. The number of oxime groups is 1. The molecule has 0 saturated heterocycles. The Hall–Kier alpha value is -0.500. The van der Waals surface area contributed by atoms with Crippen molar-refractivity contribution in [3.8, 4) is 0 Å². The first kappa shape index (κ1) is 5.50. The summed E-state index contributed by atoms with van der Waals surface area (Å²) in [6, 6.07) is 0. The quantitative estimate of drug-likeness (QED) is 0.303. The summed E-state index contributed by atoms with van der Waals surface area (Å²) in [6.07, 6.45) is 2.58. The van der Waals surface area contributed by atoms with E-state index in [9.17, 15) is 0 Å². The number of hydrogen-bond acceptors (Lipinski definition) is 2. The third kappa shape index (κ3) is 3.50. The summed E-state index contributed by atoms with van der Waals surface area (Å²) in [4.78, 5) is 0. The normalized spacial score (nSPS) is 11.5. The first-order valence-corrected chi connectivity index (χ1v) is 1.78. The number of halogens is 1. The molecule has 1 N–H and O–H groups in total. The number of rotatable bonds is 1. The number of nitrogens with zero attached hydrogens (tertiary/aromatic N) is 1. The van der Waals surface area contributed by atoms with Crippen LogP contribution in [0.5, 0.6) is 0 Å². The Kier molecular flexibility index (Phi) is 4.12. The van der Waals surface area contributed by atoms with E-state index in [1.165, 1.54) is 17.8 Å². The maximum absolute atomic E-state index is 7.66. The topological polar surface area (TPSA) is 32.6 Å². The highest BCUT2D eigenvalue weighted by Crippen LogP contribution is 1.71. The predicted molar refractivity (Wildman–Crippen MR) is 25.3 cm³/mol. The van der Waals surface area contributed by atoms with E-state index in [0.717, 1.165) is 0 Å². The molecule has 0 aromatic heterocycles. The average molecular weight is 106 g/mol. The Morgan fingerprint density at radius 1 is 1.67 bits per heavy atom. The standard InChI is InChI=1S/C3H4ClNO/c4-2-1-3-5-6/h1-3,6H/b2-1+,5-3?. The molecule has 0 aliphatic heterocycles. The Balaban J connectivity index is 3.07. The van der Waals surface area contributed by atoms with E-state index >= 15 is 0 Å². The summed E-state index contributed by atoms with van der Waals surface area (Å²) >= 11 is 5.00. The van der Waals surface area contributed by atoms with Crippen molar-refractivity contribution in [1.29, 1.82) is 0 Å². The molecule has 0 saturated carbocycles. The lowest BCUT2D eigenvalue weighted by molar-refractivity contribution is 0.322. The fraction of sp³-hybridized carbons (Fsp3) is 0. The Labute approximate surface area is 40.7 Å². The lowest BCUT2D eigenvalue weighted by Gasteiger charge is -1.61. The van der Waals surface area contributed by atoms with Crippen molar-refractivity contribution in [1.82, 2.24) is 0 Å². The zero-order chi connectivity index (χ0) is 4.83. The molecule has 0 aromatic rings. The molecule has 34 valence electrons. The van der Waals surface area contributed by atoms with Crippen molar-refractivity contribution in [3.05, 3.63) is 11.6 Å². The van der Waals surface area contributed by atoms with Crippen LogP contribution in [0.15, 0.2) is 16.8 Å². The molecule has 0 aliphatic carbocycles. The fourth-order valence-corrected chi connectivity index (χ4v) is 0.136. The largest absolute Gasteiger partial charge is 0.411 e. The van der Waals surface area contributed by atoms with Crippen LogP contribution in [-0.2, 0) is 0 Å². The van der Waals surface area contributed by atoms with Crippen LogP contribution in [0.1, 0.15) is 0 Å². The van der Waals surface area contributed by atoms with Crippen molar-refractivity contribution in [2.75, 3.05) is 0 Å². The summed E-state index contributed by atoms with van der Waals surface area (Å²) in [5, 5.41) is 10.3. The van der Waals surface area contributed by atoms with Crippen LogP contribution in [0.2, 0.25) is 0 Å². The van der Waals surface area contributed by atoms with Crippen LogP contribution in [0, 0.1) is 0 Å². The maximum Gasteiger partial charge on any atom is 0.0670 e. The van der Waals surface area contributed by atoms with Crippen LogP contribution in [0.25, 0.3) is 0 Å². The van der Waals surface area contributed by atoms with Gasteiger partial charge < -0.3 is 5.21 Å². The first-order chi connectivity index (χ1) is 2.91. The zero-order valence-electron chi connectivity index (χ0n) is 3.00. The summed E-state index contributed by atoms with van der Waals surface area (Å²) in [7, 11) is 0. The molecule has 0 amide bonds. The van der Waals surface area contributed by atoms with Crippen molar-refractivity contribution in [2.45, 2.75) is 0 Å². The second kappa shape index (κ2) is 4.50. The molecule has 0 spiro atoms. The van der Waals surface area contributed by atoms with Gasteiger partial charge in [0.05, 0.1) is 6.21 Å². The SMILES string of the molecule is ON=C/C=C/Cl. The Morgan fingerprint density at radius 3 is 2.50 bits per heavy atom. The molecule has 2 nitrogen and oxygen atoms in total. The predicted octanol–water partition coefficient (Wildman–Crippen LogP) is 1.20. The van der Waals surface area contributed by atoms with E-state index in [-0.39, 0.29) is 0 Å². The molecule has 0 atom stereocenters. The summed E-state index contributed by atoms with van der Waals surface area (Å²) in [5.41, 5.74) is 1.25. The van der Waals surface area contributed by atoms with E-state index < -0.39 is 0 Å². The highest BCUT2D eigenvalue weighted by molar-refractivity contribution is 6.26. The monoisotopic (exact) mass is 105 g/mol. The van der Waals surface area contributed by atoms with Crippen molar-refractivity contribution >= 4 is 17.8 Å². The van der Waals surface area contributed by atoms with Crippen LogP contribution < -0.4 is 0 Å². The fourth-order valence-electron chi connectivity index (χ4n) is 0.0710. The van der Waals surface area contributed by atoms with Gasteiger partial charge >= 0.3 is 0 Å². The third-order valence-electron chi connectivity index (χ3n) is 0.225. The lowest BCUT2D eigenvalue weighted by Crippen LogP contribution is -1.56. The van der Waals surface area contributed by atoms with Gasteiger partial charge in [-0.3, -0.25) is 0 Å². The van der Waals surface area contributed by atoms with Gasteiger partial charge in [0.25, 0.3) is 0 Å². The minimum absolute atomic E-state index is 1.17. The summed E-state index contributed by atoms with van der Waals surface area (Å²) in [6.45, 7) is 0. The van der Waals surface area contributed by atoms with E-state index in [4.69, 9.17) is 16.8 Å². The van der Waals surface area contributed by atoms with Gasteiger partial charge in [-0.05, 0) is 6.08 Å². The number of allylic oxidation sites excluding steroid dienone is 1. The Morgan fingerprint density at radius 2 is 2.33 bits per heavy atom. The van der Waals surface area contributed by atoms with Crippen LogP contribution in [0.4, 0.5) is 0 Å². The van der Waals surface area contributed by atoms with Crippen molar-refractivity contribution in [2.24, 2.45) is 5.16 Å². The van der Waals surface area contributed by atoms with Gasteiger partial charge in [-0.2, -0.15) is 0 Å². The highest BCUT2D eigenvalue weighted by atomic mass is 35.5. The molecular formula is C3H4ClNO. The van der Waals surface area contributed by atoms with Gasteiger partial charge in [0, 0.05) is 5.54 Å². The highest BCUT2D eigenvalue weighted by Gasteiger charge is 1.53. The summed E-state index contributed by atoms with van der Waals surface area (Å²) in [5.74, 6) is 0. The van der Waals surface area contributed by atoms with E-state index in [1.54, 1.807) is 0 Å². The lowest BCUT2D eigenvalue weighted by atomic mass is 10.7. The van der Waals surface area contributed by atoms with Crippen molar-refractivity contribution in [3.63, 3.8) is 0 Å². The summed E-state index contributed by atoms with van der Waals surface area (Å²) < 4.78 is 0. The van der Waals surface area contributed by atoms with Crippen molar-refractivity contribution < 1.29 is 5.21 Å². The van der Waals surface area contributed by atoms with Crippen LogP contribution >= 0.6 is 11.6 Å². The van der Waals surface area contributed by atoms with Gasteiger partial charge in [0.1, 0.15) is 0 Å². The average Bonchev–Trinajstić information content (AvgIpc) is 1.61. The zero-order valence-corrected chi connectivity index (χ0v) is 3.76. The van der Waals surface area contributed by atoms with E-state index in [2.05, 4.69) is 5.16 Å². The molecule has 0 bridgehead atoms. The van der Waals surface area contributed by atoms with Crippen LogP contribution in [-0.4, -0.2) is 11.4 Å². The van der Waals surface area contributed by atoms with Gasteiger partial charge in [-0.1, -0.05) is 16.8 Å². The molecule has 0 unspecified atom stereocenters. The second-order valence-corrected chi connectivity index (χ2v) is 0.835. The van der Waals surface area contributed by atoms with Gasteiger partial charge in [-0.25, -0.2) is 0 Å². The van der Waals surface area contributed by atoms with Gasteiger partial charge in [0.2, 0.25) is 0 Å². The molecule has 3 heteroatoms. The van der Waals surface area contributed by atoms with E-state index in [1.807, 2.05) is 0 Å². The molecule has 0 fully saturated rings. The minimum atomic E-state index is 1.17. The van der Waals surface area contributed by atoms with Gasteiger partial charge in [-0.15, -0.1) is 0 Å². The smallest absolute Gasteiger partial charge is 0.0670 e. The number of hydrogen-bond donors (Lipinski definition) is 1. The maximum atomic E-state index is 7.66. The molecule has 6 heavy (non-hydrogen) atoms. The molecule has 0 radical (unpaired) electrons. The first-order valence-electron chi connectivity index (χ1n) is 1.34. The molecular weight excluding hydrogens is 101 g/mol.